The van der Waals surface area contributed by atoms with Gasteiger partial charge in [-0.25, -0.2) is 0 Å². The van der Waals surface area contributed by atoms with Crippen LogP contribution in [-0.2, 0) is 11.2 Å². The van der Waals surface area contributed by atoms with Crippen LogP contribution in [0.1, 0.15) is 24.2 Å². The lowest BCUT2D eigenvalue weighted by atomic mass is 9.97. The van der Waals surface area contributed by atoms with Gasteiger partial charge in [-0.05, 0) is 18.1 Å². The third-order valence-corrected chi connectivity index (χ3v) is 3.30. The zero-order valence-corrected chi connectivity index (χ0v) is 11.3. The highest BCUT2D eigenvalue weighted by atomic mass is 16.5. The van der Waals surface area contributed by atoms with Crippen LogP contribution in [0.2, 0.25) is 0 Å². The van der Waals surface area contributed by atoms with Crippen molar-refractivity contribution < 1.29 is 14.2 Å². The van der Waals surface area contributed by atoms with E-state index < -0.39 is 0 Å². The van der Waals surface area contributed by atoms with Gasteiger partial charge in [0.05, 0.1) is 26.9 Å². The normalized spacial score (nSPS) is 19.6. The van der Waals surface area contributed by atoms with E-state index >= 15 is 0 Å². The van der Waals surface area contributed by atoms with Gasteiger partial charge in [-0.15, -0.1) is 0 Å². The van der Waals surface area contributed by atoms with Gasteiger partial charge in [0.2, 0.25) is 0 Å². The lowest BCUT2D eigenvalue weighted by Crippen LogP contribution is -2.34. The van der Waals surface area contributed by atoms with E-state index in [0.717, 1.165) is 43.2 Å². The zero-order valence-electron chi connectivity index (χ0n) is 11.3. The molecule has 4 heteroatoms. The highest BCUT2D eigenvalue weighted by Crippen LogP contribution is 2.39. The fourth-order valence-electron chi connectivity index (χ4n) is 2.40. The SMILES string of the molecule is CCc1ccc(OC)c(OC)c1C1CNCCO1. The Balaban J connectivity index is 2.45. The van der Waals surface area contributed by atoms with Crippen LogP contribution < -0.4 is 14.8 Å². The smallest absolute Gasteiger partial charge is 0.166 e. The summed E-state index contributed by atoms with van der Waals surface area (Å²) in [6.45, 7) is 4.59. The Morgan fingerprint density at radius 2 is 2.17 bits per heavy atom. The minimum atomic E-state index is 0.0405. The van der Waals surface area contributed by atoms with E-state index in [2.05, 4.69) is 18.3 Å². The fourth-order valence-corrected chi connectivity index (χ4v) is 2.40. The summed E-state index contributed by atoms with van der Waals surface area (Å²) in [7, 11) is 3.34. The van der Waals surface area contributed by atoms with E-state index in [0.29, 0.717) is 0 Å². The second kappa shape index (κ2) is 6.07. The molecule has 1 unspecified atom stereocenters. The zero-order chi connectivity index (χ0) is 13.0. The number of morpholine rings is 1. The predicted octanol–water partition coefficient (Wildman–Crippen LogP) is 1.93. The van der Waals surface area contributed by atoms with E-state index in [9.17, 15) is 0 Å². The Hall–Kier alpha value is -1.26. The lowest BCUT2D eigenvalue weighted by Gasteiger charge is -2.28. The molecule has 0 spiro atoms. The summed E-state index contributed by atoms with van der Waals surface area (Å²) in [6, 6.07) is 4.05. The molecule has 100 valence electrons. The molecule has 0 saturated carbocycles. The first-order valence-corrected chi connectivity index (χ1v) is 6.37. The highest BCUT2D eigenvalue weighted by molar-refractivity contribution is 5.52. The molecule has 1 aromatic carbocycles. The second-order valence-electron chi connectivity index (χ2n) is 4.29. The van der Waals surface area contributed by atoms with Crippen molar-refractivity contribution in [2.75, 3.05) is 33.9 Å². The molecule has 0 aliphatic carbocycles. The Kier molecular flexibility index (Phi) is 4.44. The number of rotatable bonds is 4. The van der Waals surface area contributed by atoms with Crippen molar-refractivity contribution in [2.45, 2.75) is 19.4 Å². The van der Waals surface area contributed by atoms with Gasteiger partial charge >= 0.3 is 0 Å². The number of hydrogen-bond acceptors (Lipinski definition) is 4. The maximum absolute atomic E-state index is 5.85. The van der Waals surface area contributed by atoms with E-state index in [1.54, 1.807) is 14.2 Å². The van der Waals surface area contributed by atoms with Gasteiger partial charge in [0, 0.05) is 18.7 Å². The summed E-state index contributed by atoms with van der Waals surface area (Å²) in [4.78, 5) is 0. The molecular weight excluding hydrogens is 230 g/mol. The molecule has 2 rings (SSSR count). The van der Waals surface area contributed by atoms with Crippen LogP contribution in [0.25, 0.3) is 0 Å². The van der Waals surface area contributed by atoms with Gasteiger partial charge in [-0.3, -0.25) is 0 Å². The Labute approximate surface area is 108 Å². The summed E-state index contributed by atoms with van der Waals surface area (Å²) >= 11 is 0. The molecule has 18 heavy (non-hydrogen) atoms. The molecule has 1 atom stereocenters. The van der Waals surface area contributed by atoms with Gasteiger partial charge in [0.25, 0.3) is 0 Å². The predicted molar refractivity (Wildman–Crippen MR) is 70.5 cm³/mol. The Bertz CT molecular complexity index is 400. The topological polar surface area (TPSA) is 39.7 Å². The third-order valence-electron chi connectivity index (χ3n) is 3.30. The van der Waals surface area contributed by atoms with E-state index in [4.69, 9.17) is 14.2 Å². The molecule has 1 aromatic rings. The number of hydrogen-bond donors (Lipinski definition) is 1. The average molecular weight is 251 g/mol. The number of nitrogens with one attached hydrogen (secondary N) is 1. The number of benzene rings is 1. The summed E-state index contributed by atoms with van der Waals surface area (Å²) in [5.41, 5.74) is 2.37. The van der Waals surface area contributed by atoms with Crippen molar-refractivity contribution in [1.82, 2.24) is 5.32 Å². The molecule has 0 aromatic heterocycles. The molecule has 0 bridgehead atoms. The Morgan fingerprint density at radius 1 is 1.33 bits per heavy atom. The molecule has 1 aliphatic rings. The summed E-state index contributed by atoms with van der Waals surface area (Å²) < 4.78 is 16.7. The minimum Gasteiger partial charge on any atom is -0.493 e. The third kappa shape index (κ3) is 2.44. The first-order chi connectivity index (χ1) is 8.81. The van der Waals surface area contributed by atoms with Crippen LogP contribution in [0.15, 0.2) is 12.1 Å². The monoisotopic (exact) mass is 251 g/mol. The summed E-state index contributed by atoms with van der Waals surface area (Å²) in [5.74, 6) is 1.56. The first kappa shape index (κ1) is 13.2. The minimum absolute atomic E-state index is 0.0405. The van der Waals surface area contributed by atoms with Crippen molar-refractivity contribution in [3.05, 3.63) is 23.3 Å². The summed E-state index contributed by atoms with van der Waals surface area (Å²) in [5, 5.41) is 3.35. The van der Waals surface area contributed by atoms with Gasteiger partial charge in [0.1, 0.15) is 0 Å². The van der Waals surface area contributed by atoms with Crippen LogP contribution >= 0.6 is 0 Å². The van der Waals surface area contributed by atoms with Gasteiger partial charge in [-0.2, -0.15) is 0 Å². The number of aryl methyl sites for hydroxylation is 1. The van der Waals surface area contributed by atoms with Crippen molar-refractivity contribution in [2.24, 2.45) is 0 Å². The van der Waals surface area contributed by atoms with Crippen LogP contribution in [0, 0.1) is 0 Å². The van der Waals surface area contributed by atoms with E-state index in [1.807, 2.05) is 6.07 Å². The van der Waals surface area contributed by atoms with Crippen molar-refractivity contribution >= 4 is 0 Å². The average Bonchev–Trinajstić information content (AvgIpc) is 2.46. The maximum Gasteiger partial charge on any atom is 0.166 e. The van der Waals surface area contributed by atoms with Gasteiger partial charge < -0.3 is 19.5 Å². The van der Waals surface area contributed by atoms with Crippen molar-refractivity contribution in [3.8, 4) is 11.5 Å². The molecule has 0 amide bonds. The number of ether oxygens (including phenoxy) is 3. The van der Waals surface area contributed by atoms with E-state index in [1.165, 1.54) is 5.56 Å². The lowest BCUT2D eigenvalue weighted by molar-refractivity contribution is 0.0255. The molecule has 4 nitrogen and oxygen atoms in total. The largest absolute Gasteiger partial charge is 0.493 e. The molecular formula is C14H21NO3. The maximum atomic E-state index is 5.85. The quantitative estimate of drug-likeness (QED) is 0.887. The van der Waals surface area contributed by atoms with E-state index in [-0.39, 0.29) is 6.10 Å². The number of methoxy groups -OCH3 is 2. The van der Waals surface area contributed by atoms with Gasteiger partial charge in [-0.1, -0.05) is 13.0 Å². The van der Waals surface area contributed by atoms with Crippen LogP contribution in [0.4, 0.5) is 0 Å². The van der Waals surface area contributed by atoms with Crippen LogP contribution in [0.3, 0.4) is 0 Å². The fraction of sp³-hybridized carbons (Fsp3) is 0.571. The van der Waals surface area contributed by atoms with Crippen molar-refractivity contribution in [3.63, 3.8) is 0 Å². The van der Waals surface area contributed by atoms with Crippen LogP contribution in [-0.4, -0.2) is 33.9 Å². The van der Waals surface area contributed by atoms with Gasteiger partial charge in [0.15, 0.2) is 11.5 Å². The second-order valence-corrected chi connectivity index (χ2v) is 4.29. The molecule has 1 aliphatic heterocycles. The standard InChI is InChI=1S/C14H21NO3/c1-4-10-5-6-11(16-2)14(17-3)13(10)12-9-15-7-8-18-12/h5-6,12,15H,4,7-9H2,1-3H3. The highest BCUT2D eigenvalue weighted by Gasteiger charge is 2.24. The van der Waals surface area contributed by atoms with Crippen molar-refractivity contribution in [1.29, 1.82) is 0 Å². The first-order valence-electron chi connectivity index (χ1n) is 6.37. The molecule has 1 heterocycles. The molecule has 0 radical (unpaired) electrons. The van der Waals surface area contributed by atoms with Crippen LogP contribution in [0.5, 0.6) is 11.5 Å². The molecule has 1 saturated heterocycles. The Morgan fingerprint density at radius 3 is 2.72 bits per heavy atom. The summed E-state index contributed by atoms with van der Waals surface area (Å²) in [6.07, 6.45) is 0.994. The molecule has 1 N–H and O–H groups in total. The molecule has 1 fully saturated rings.